The van der Waals surface area contributed by atoms with Crippen LogP contribution >= 0.6 is 11.6 Å². The van der Waals surface area contributed by atoms with Crippen molar-refractivity contribution in [2.45, 2.75) is 13.8 Å². The van der Waals surface area contributed by atoms with Crippen molar-refractivity contribution in [3.8, 4) is 5.75 Å². The molecule has 1 fully saturated rings. The Hall–Kier alpha value is -3.23. The molecule has 0 spiro atoms. The molecule has 0 unspecified atom stereocenters. The predicted molar refractivity (Wildman–Crippen MR) is 134 cm³/mol. The molecule has 2 N–H and O–H groups in total. The number of anilines is 2. The van der Waals surface area contributed by atoms with E-state index in [0.29, 0.717) is 17.0 Å². The van der Waals surface area contributed by atoms with Gasteiger partial charge < -0.3 is 24.7 Å². The zero-order valence-corrected chi connectivity index (χ0v) is 20.4. The van der Waals surface area contributed by atoms with E-state index in [4.69, 9.17) is 21.1 Å². The van der Waals surface area contributed by atoms with Crippen LogP contribution in [0.3, 0.4) is 0 Å². The topological polar surface area (TPSA) is 86.9 Å². The zero-order chi connectivity index (χ0) is 24.2. The number of aromatic nitrogens is 1. The van der Waals surface area contributed by atoms with Gasteiger partial charge in [0.05, 0.1) is 31.5 Å². The van der Waals surface area contributed by atoms with Crippen LogP contribution in [0.4, 0.5) is 11.4 Å². The maximum atomic E-state index is 13.0. The summed E-state index contributed by atoms with van der Waals surface area (Å²) in [7, 11) is 1.58. The van der Waals surface area contributed by atoms with Gasteiger partial charge >= 0.3 is 5.97 Å². The second-order valence-corrected chi connectivity index (χ2v) is 8.69. The second kappa shape index (κ2) is 10.4. The molecule has 0 radical (unpaired) electrons. The normalized spacial score (nSPS) is 14.3. The molecule has 2 heterocycles. The number of piperazine rings is 1. The number of halogens is 1. The van der Waals surface area contributed by atoms with E-state index in [-0.39, 0.29) is 24.8 Å². The van der Waals surface area contributed by atoms with Crippen LogP contribution in [0.1, 0.15) is 23.0 Å². The molecular formula is C25H29ClN4O4. The van der Waals surface area contributed by atoms with Gasteiger partial charge in [-0.05, 0) is 43.7 Å². The van der Waals surface area contributed by atoms with Crippen LogP contribution in [-0.4, -0.2) is 68.2 Å². The van der Waals surface area contributed by atoms with E-state index in [9.17, 15) is 9.59 Å². The number of ether oxygens (including phenoxy) is 2. The van der Waals surface area contributed by atoms with Gasteiger partial charge in [-0.3, -0.25) is 9.69 Å². The Bertz CT molecular complexity index is 1200. The van der Waals surface area contributed by atoms with Gasteiger partial charge in [0.2, 0.25) is 5.91 Å². The molecule has 0 saturated carbocycles. The van der Waals surface area contributed by atoms with E-state index >= 15 is 0 Å². The lowest BCUT2D eigenvalue weighted by molar-refractivity contribution is -0.117. The maximum absolute atomic E-state index is 13.0. The van der Waals surface area contributed by atoms with Crippen LogP contribution in [-0.2, 0) is 9.53 Å². The summed E-state index contributed by atoms with van der Waals surface area (Å²) in [6, 6.07) is 11.3. The minimum Gasteiger partial charge on any atom is -0.497 e. The van der Waals surface area contributed by atoms with Gasteiger partial charge in [0, 0.05) is 48.3 Å². The van der Waals surface area contributed by atoms with Crippen LogP contribution in [0, 0.1) is 6.92 Å². The largest absolute Gasteiger partial charge is 0.497 e. The molecule has 1 saturated heterocycles. The first-order valence-corrected chi connectivity index (χ1v) is 11.7. The fraction of sp³-hybridized carbons (Fsp3) is 0.360. The molecule has 3 aromatic rings. The molecule has 34 heavy (non-hydrogen) atoms. The Labute approximate surface area is 203 Å². The van der Waals surface area contributed by atoms with Crippen molar-refractivity contribution in [3.05, 3.63) is 52.7 Å². The molecule has 4 rings (SSSR count). The Kier molecular flexibility index (Phi) is 7.29. The standard InChI is InChI=1S/C25H29ClN4O4/c1-4-34-25(32)24-23(19-8-7-18(33-3)14-20(19)27-24)28-22(31)15-29-9-11-30(12-10-29)21-13-17(26)6-5-16(21)2/h5-8,13-14,27H,4,9-12,15H2,1-3H3,(H,28,31). The van der Waals surface area contributed by atoms with Crippen molar-refractivity contribution < 1.29 is 19.1 Å². The van der Waals surface area contributed by atoms with E-state index in [1.54, 1.807) is 26.2 Å². The van der Waals surface area contributed by atoms with Crippen molar-refractivity contribution >= 4 is 45.8 Å². The van der Waals surface area contributed by atoms with Crippen molar-refractivity contribution in [1.29, 1.82) is 0 Å². The number of amides is 1. The average molecular weight is 485 g/mol. The lowest BCUT2D eigenvalue weighted by atomic mass is 10.1. The molecule has 1 aliphatic heterocycles. The number of aryl methyl sites for hydroxylation is 1. The highest BCUT2D eigenvalue weighted by molar-refractivity contribution is 6.30. The number of carbonyl (C=O) groups excluding carboxylic acids is 2. The molecule has 8 nitrogen and oxygen atoms in total. The van der Waals surface area contributed by atoms with E-state index in [1.807, 2.05) is 24.3 Å². The van der Waals surface area contributed by atoms with Crippen LogP contribution in [0.15, 0.2) is 36.4 Å². The SMILES string of the molecule is CCOC(=O)c1[nH]c2cc(OC)ccc2c1NC(=O)CN1CCN(c2cc(Cl)ccc2C)CC1. The third kappa shape index (κ3) is 5.13. The third-order valence-electron chi connectivity index (χ3n) is 6.00. The van der Waals surface area contributed by atoms with Gasteiger partial charge in [-0.25, -0.2) is 4.79 Å². The molecule has 1 aliphatic rings. The highest BCUT2D eigenvalue weighted by atomic mass is 35.5. The fourth-order valence-electron chi connectivity index (χ4n) is 4.24. The zero-order valence-electron chi connectivity index (χ0n) is 19.6. The smallest absolute Gasteiger partial charge is 0.356 e. The minimum absolute atomic E-state index is 0.186. The number of carbonyl (C=O) groups is 2. The average Bonchev–Trinajstić information content (AvgIpc) is 3.18. The number of methoxy groups -OCH3 is 1. The van der Waals surface area contributed by atoms with Crippen molar-refractivity contribution in [2.24, 2.45) is 0 Å². The lowest BCUT2D eigenvalue weighted by Crippen LogP contribution is -2.48. The molecule has 0 bridgehead atoms. The van der Waals surface area contributed by atoms with E-state index in [1.165, 1.54) is 5.56 Å². The van der Waals surface area contributed by atoms with E-state index in [0.717, 1.165) is 42.3 Å². The van der Waals surface area contributed by atoms with Crippen molar-refractivity contribution in [3.63, 3.8) is 0 Å². The van der Waals surface area contributed by atoms with Gasteiger partial charge in [0.15, 0.2) is 0 Å². The summed E-state index contributed by atoms with van der Waals surface area (Å²) in [5, 5.41) is 4.37. The van der Waals surface area contributed by atoms with Crippen LogP contribution < -0.4 is 15.0 Å². The highest BCUT2D eigenvalue weighted by Gasteiger charge is 2.24. The van der Waals surface area contributed by atoms with E-state index < -0.39 is 5.97 Å². The summed E-state index contributed by atoms with van der Waals surface area (Å²) in [5.74, 6) is -0.0528. The summed E-state index contributed by atoms with van der Waals surface area (Å²) < 4.78 is 10.5. The van der Waals surface area contributed by atoms with Crippen molar-refractivity contribution in [2.75, 3.05) is 56.7 Å². The predicted octanol–water partition coefficient (Wildman–Crippen LogP) is 4.08. The molecule has 1 amide bonds. The number of nitrogens with one attached hydrogen (secondary N) is 2. The molecule has 0 atom stereocenters. The number of benzene rings is 2. The van der Waals surface area contributed by atoms with Gasteiger partial charge in [0.1, 0.15) is 11.4 Å². The number of H-pyrrole nitrogens is 1. The third-order valence-corrected chi connectivity index (χ3v) is 6.24. The molecule has 9 heteroatoms. The highest BCUT2D eigenvalue weighted by Crippen LogP contribution is 2.31. The molecule has 2 aromatic carbocycles. The fourth-order valence-corrected chi connectivity index (χ4v) is 4.41. The van der Waals surface area contributed by atoms with Crippen molar-refractivity contribution in [1.82, 2.24) is 9.88 Å². The first-order valence-electron chi connectivity index (χ1n) is 11.3. The van der Waals surface area contributed by atoms with Crippen LogP contribution in [0.2, 0.25) is 5.02 Å². The lowest BCUT2D eigenvalue weighted by Gasteiger charge is -2.36. The molecular weight excluding hydrogens is 456 g/mol. The Morgan fingerprint density at radius 1 is 1.12 bits per heavy atom. The van der Waals surface area contributed by atoms with Crippen LogP contribution in [0.25, 0.3) is 10.9 Å². The monoisotopic (exact) mass is 484 g/mol. The minimum atomic E-state index is -0.515. The van der Waals surface area contributed by atoms with Gasteiger partial charge in [-0.15, -0.1) is 0 Å². The Morgan fingerprint density at radius 3 is 2.59 bits per heavy atom. The molecule has 0 aliphatic carbocycles. The summed E-state index contributed by atoms with van der Waals surface area (Å²) in [5.41, 5.74) is 3.64. The number of fused-ring (bicyclic) bond motifs is 1. The van der Waals surface area contributed by atoms with E-state index in [2.05, 4.69) is 27.0 Å². The van der Waals surface area contributed by atoms with Crippen LogP contribution in [0.5, 0.6) is 5.75 Å². The number of nitrogens with zero attached hydrogens (tertiary/aromatic N) is 2. The number of esters is 1. The second-order valence-electron chi connectivity index (χ2n) is 8.25. The summed E-state index contributed by atoms with van der Waals surface area (Å²) >= 11 is 6.18. The number of aromatic amines is 1. The first-order chi connectivity index (χ1) is 16.4. The quantitative estimate of drug-likeness (QED) is 0.491. The number of hydrogen-bond acceptors (Lipinski definition) is 6. The summed E-state index contributed by atoms with van der Waals surface area (Å²) in [4.78, 5) is 32.9. The number of hydrogen-bond donors (Lipinski definition) is 2. The first kappa shape index (κ1) is 23.9. The number of rotatable bonds is 7. The maximum Gasteiger partial charge on any atom is 0.356 e. The van der Waals surface area contributed by atoms with Gasteiger partial charge in [-0.1, -0.05) is 17.7 Å². The van der Waals surface area contributed by atoms with Gasteiger partial charge in [-0.2, -0.15) is 0 Å². The Morgan fingerprint density at radius 2 is 1.88 bits per heavy atom. The molecule has 180 valence electrons. The molecule has 1 aromatic heterocycles. The summed E-state index contributed by atoms with van der Waals surface area (Å²) in [6.45, 7) is 7.37. The van der Waals surface area contributed by atoms with Gasteiger partial charge in [0.25, 0.3) is 0 Å². The summed E-state index contributed by atoms with van der Waals surface area (Å²) in [6.07, 6.45) is 0. The Balaban J connectivity index is 1.45.